The van der Waals surface area contributed by atoms with Crippen LogP contribution in [0, 0.1) is 16.7 Å². The van der Waals surface area contributed by atoms with Crippen LogP contribution in [0.4, 0.5) is 5.69 Å². The first-order valence-corrected chi connectivity index (χ1v) is 12.6. The molecule has 1 unspecified atom stereocenters. The number of carbonyl (C=O) groups excluding carboxylic acids is 2. The fourth-order valence-electron chi connectivity index (χ4n) is 4.69. The van der Waals surface area contributed by atoms with E-state index in [2.05, 4.69) is 30.6 Å². The molecule has 2 aliphatic rings. The molecule has 0 radical (unpaired) electrons. The standard InChI is InChI=1S/C28H29N3O4S/c1-28(2)13-21-26(22(32)14-28)25(17-9-11-18(34-3)12-10-17)19(15-29)27(31-21)36-16-24(33)30-20-7-5-6-8-23(20)35-4/h5-12,25,31H,13-14,16H2,1-4H3,(H,30,33). The van der Waals surface area contributed by atoms with E-state index in [4.69, 9.17) is 9.47 Å². The molecule has 1 heterocycles. The number of hydrogen-bond acceptors (Lipinski definition) is 7. The van der Waals surface area contributed by atoms with Crippen molar-refractivity contribution in [3.63, 3.8) is 0 Å². The van der Waals surface area contributed by atoms with Gasteiger partial charge in [0.1, 0.15) is 11.5 Å². The quantitative estimate of drug-likeness (QED) is 0.539. The molecule has 2 aromatic carbocycles. The number of rotatable bonds is 7. The molecule has 8 heteroatoms. The van der Waals surface area contributed by atoms with Crippen molar-refractivity contribution in [3.8, 4) is 17.6 Å². The van der Waals surface area contributed by atoms with E-state index in [9.17, 15) is 14.9 Å². The molecule has 1 aliphatic heterocycles. The van der Waals surface area contributed by atoms with Gasteiger partial charge in [-0.2, -0.15) is 5.26 Å². The Kier molecular flexibility index (Phi) is 7.41. The molecule has 7 nitrogen and oxygen atoms in total. The monoisotopic (exact) mass is 503 g/mol. The largest absolute Gasteiger partial charge is 0.497 e. The molecular formula is C28H29N3O4S. The highest BCUT2D eigenvalue weighted by Gasteiger charge is 2.42. The second kappa shape index (κ2) is 10.5. The molecule has 0 saturated carbocycles. The van der Waals surface area contributed by atoms with Crippen molar-refractivity contribution < 1.29 is 19.1 Å². The summed E-state index contributed by atoms with van der Waals surface area (Å²) in [6, 6.07) is 17.0. The number of dihydropyridines is 1. The lowest BCUT2D eigenvalue weighted by Gasteiger charge is -2.39. The van der Waals surface area contributed by atoms with Crippen molar-refractivity contribution in [2.24, 2.45) is 5.41 Å². The van der Waals surface area contributed by atoms with Crippen LogP contribution >= 0.6 is 11.8 Å². The zero-order chi connectivity index (χ0) is 25.9. The van der Waals surface area contributed by atoms with E-state index in [0.29, 0.717) is 46.2 Å². The summed E-state index contributed by atoms with van der Waals surface area (Å²) in [5.74, 6) is 0.669. The fourth-order valence-corrected chi connectivity index (χ4v) is 5.55. The van der Waals surface area contributed by atoms with Gasteiger partial charge < -0.3 is 20.1 Å². The summed E-state index contributed by atoms with van der Waals surface area (Å²) in [7, 11) is 3.14. The molecule has 36 heavy (non-hydrogen) atoms. The third-order valence-electron chi connectivity index (χ3n) is 6.30. The topological polar surface area (TPSA) is 100 Å². The number of nitrogens with zero attached hydrogens (tertiary/aromatic N) is 1. The molecule has 1 atom stereocenters. The number of ether oxygens (including phenoxy) is 2. The number of anilines is 1. The van der Waals surface area contributed by atoms with E-state index < -0.39 is 5.92 Å². The maximum atomic E-state index is 13.3. The summed E-state index contributed by atoms with van der Waals surface area (Å²) in [5.41, 5.74) is 3.11. The normalized spacial score (nSPS) is 18.6. The van der Waals surface area contributed by atoms with E-state index in [1.54, 1.807) is 26.4 Å². The first-order valence-electron chi connectivity index (χ1n) is 11.6. The van der Waals surface area contributed by atoms with Gasteiger partial charge in [-0.25, -0.2) is 0 Å². The minimum atomic E-state index is -0.500. The van der Waals surface area contributed by atoms with E-state index in [0.717, 1.165) is 11.3 Å². The Bertz CT molecular complexity index is 1290. The summed E-state index contributed by atoms with van der Waals surface area (Å²) < 4.78 is 10.6. The van der Waals surface area contributed by atoms with Crippen LogP contribution in [0.2, 0.25) is 0 Å². The molecule has 2 aromatic rings. The highest BCUT2D eigenvalue weighted by Crippen LogP contribution is 2.48. The molecular weight excluding hydrogens is 474 g/mol. The smallest absolute Gasteiger partial charge is 0.234 e. The Balaban J connectivity index is 1.65. The van der Waals surface area contributed by atoms with Crippen LogP contribution in [0.3, 0.4) is 0 Å². The van der Waals surface area contributed by atoms with Crippen molar-refractivity contribution in [3.05, 3.63) is 76.0 Å². The summed E-state index contributed by atoms with van der Waals surface area (Å²) in [6.45, 7) is 4.13. The molecule has 1 amide bonds. The van der Waals surface area contributed by atoms with Gasteiger partial charge in [-0.1, -0.05) is 49.9 Å². The maximum Gasteiger partial charge on any atom is 0.234 e. The molecule has 186 valence electrons. The Morgan fingerprint density at radius 2 is 1.86 bits per heavy atom. The van der Waals surface area contributed by atoms with Gasteiger partial charge in [-0.15, -0.1) is 0 Å². The van der Waals surface area contributed by atoms with Crippen molar-refractivity contribution >= 4 is 29.1 Å². The van der Waals surface area contributed by atoms with Crippen molar-refractivity contribution in [1.82, 2.24) is 5.32 Å². The highest BCUT2D eigenvalue weighted by atomic mass is 32.2. The first-order chi connectivity index (χ1) is 17.3. The number of nitriles is 1. The third kappa shape index (κ3) is 5.26. The number of benzene rings is 2. The summed E-state index contributed by atoms with van der Waals surface area (Å²) in [6.07, 6.45) is 1.10. The Morgan fingerprint density at radius 3 is 2.53 bits per heavy atom. The van der Waals surface area contributed by atoms with Gasteiger partial charge >= 0.3 is 0 Å². The summed E-state index contributed by atoms with van der Waals surface area (Å²) in [5, 5.41) is 17.0. The summed E-state index contributed by atoms with van der Waals surface area (Å²) in [4.78, 5) is 26.1. The molecule has 0 saturated heterocycles. The van der Waals surface area contributed by atoms with Crippen LogP contribution in [0.5, 0.6) is 11.5 Å². The van der Waals surface area contributed by atoms with Gasteiger partial charge in [-0.05, 0) is 41.7 Å². The van der Waals surface area contributed by atoms with Crippen LogP contribution in [-0.2, 0) is 9.59 Å². The molecule has 1 aliphatic carbocycles. The minimum absolute atomic E-state index is 0.0419. The van der Waals surface area contributed by atoms with E-state index in [1.807, 2.05) is 36.4 Å². The van der Waals surface area contributed by atoms with E-state index in [1.165, 1.54) is 11.8 Å². The van der Waals surface area contributed by atoms with Crippen LogP contribution in [0.15, 0.2) is 70.4 Å². The van der Waals surface area contributed by atoms with E-state index in [-0.39, 0.29) is 22.9 Å². The fraction of sp³-hybridized carbons (Fsp3) is 0.321. The number of allylic oxidation sites excluding steroid dienone is 3. The molecule has 0 aromatic heterocycles. The number of para-hydroxylation sites is 2. The van der Waals surface area contributed by atoms with Gasteiger partial charge in [0.05, 0.1) is 48.2 Å². The molecule has 2 N–H and O–H groups in total. The molecule has 0 bridgehead atoms. The number of methoxy groups -OCH3 is 2. The number of carbonyl (C=O) groups is 2. The van der Waals surface area contributed by atoms with Gasteiger partial charge in [0.2, 0.25) is 5.91 Å². The summed E-state index contributed by atoms with van der Waals surface area (Å²) >= 11 is 1.26. The van der Waals surface area contributed by atoms with Crippen molar-refractivity contribution in [1.29, 1.82) is 5.26 Å². The van der Waals surface area contributed by atoms with Crippen molar-refractivity contribution in [2.75, 3.05) is 25.3 Å². The van der Waals surface area contributed by atoms with Gasteiger partial charge in [0.15, 0.2) is 5.78 Å². The second-order valence-corrected chi connectivity index (χ2v) is 10.5. The average molecular weight is 504 g/mol. The number of hydrogen-bond donors (Lipinski definition) is 2. The van der Waals surface area contributed by atoms with E-state index >= 15 is 0 Å². The lowest BCUT2D eigenvalue weighted by molar-refractivity contribution is -0.118. The second-order valence-electron chi connectivity index (χ2n) is 9.56. The average Bonchev–Trinajstić information content (AvgIpc) is 2.86. The zero-order valence-corrected chi connectivity index (χ0v) is 21.6. The Hall–Kier alpha value is -3.70. The predicted molar refractivity (Wildman–Crippen MR) is 141 cm³/mol. The maximum absolute atomic E-state index is 13.3. The Morgan fingerprint density at radius 1 is 1.14 bits per heavy atom. The number of nitrogens with one attached hydrogen (secondary N) is 2. The highest BCUT2D eigenvalue weighted by molar-refractivity contribution is 8.03. The van der Waals surface area contributed by atoms with Crippen LogP contribution < -0.4 is 20.1 Å². The van der Waals surface area contributed by atoms with Gasteiger partial charge in [-0.3, -0.25) is 9.59 Å². The molecule has 0 fully saturated rings. The third-order valence-corrected chi connectivity index (χ3v) is 7.32. The SMILES string of the molecule is COc1ccc(C2C(C#N)=C(SCC(=O)Nc3ccccc3OC)NC3=C2C(=O)CC(C)(C)C3)cc1. The zero-order valence-electron chi connectivity index (χ0n) is 20.8. The minimum Gasteiger partial charge on any atom is -0.497 e. The van der Waals surface area contributed by atoms with Gasteiger partial charge in [0.25, 0.3) is 0 Å². The molecule has 4 rings (SSSR count). The van der Waals surface area contributed by atoms with Crippen molar-refractivity contribution in [2.45, 2.75) is 32.6 Å². The van der Waals surface area contributed by atoms with Crippen LogP contribution in [0.25, 0.3) is 0 Å². The van der Waals surface area contributed by atoms with Crippen LogP contribution in [0.1, 0.15) is 38.2 Å². The van der Waals surface area contributed by atoms with Gasteiger partial charge in [0, 0.05) is 17.7 Å². The number of amides is 1. The molecule has 0 spiro atoms. The van der Waals surface area contributed by atoms with Crippen LogP contribution in [-0.4, -0.2) is 31.7 Å². The number of ketones is 1. The lowest BCUT2D eigenvalue weighted by Crippen LogP contribution is -2.37. The number of Topliss-reactive ketones (excluding diaryl/α,β-unsaturated/α-hetero) is 1. The predicted octanol–water partition coefficient (Wildman–Crippen LogP) is 5.14. The number of thioether (sulfide) groups is 1. The lowest BCUT2D eigenvalue weighted by atomic mass is 9.69. The first kappa shape index (κ1) is 25.4. The Labute approximate surface area is 215 Å².